The van der Waals surface area contributed by atoms with Gasteiger partial charge in [-0.25, -0.2) is 0 Å². The molecule has 0 aliphatic carbocycles. The quantitative estimate of drug-likeness (QED) is 0.658. The van der Waals surface area contributed by atoms with Crippen LogP contribution in [0.25, 0.3) is 0 Å². The van der Waals surface area contributed by atoms with Crippen molar-refractivity contribution in [3.8, 4) is 0 Å². The number of carbonyl (C=O) groups is 1. The molecular formula is C18H13Cl2N3O. The van der Waals surface area contributed by atoms with Gasteiger partial charge in [0.25, 0.3) is 5.91 Å². The zero-order valence-corrected chi connectivity index (χ0v) is 14.0. The van der Waals surface area contributed by atoms with Gasteiger partial charge in [-0.3, -0.25) is 9.78 Å². The Morgan fingerprint density at radius 1 is 0.917 bits per heavy atom. The van der Waals surface area contributed by atoms with Crippen molar-refractivity contribution in [2.45, 2.75) is 0 Å². The molecule has 0 spiro atoms. The molecule has 24 heavy (non-hydrogen) atoms. The lowest BCUT2D eigenvalue weighted by atomic mass is 10.2. The molecule has 2 N–H and O–H groups in total. The summed E-state index contributed by atoms with van der Waals surface area (Å²) >= 11 is 12.0. The number of halogens is 2. The van der Waals surface area contributed by atoms with Crippen LogP contribution in [0.1, 0.15) is 10.4 Å². The minimum atomic E-state index is -0.316. The minimum Gasteiger partial charge on any atom is -0.354 e. The highest BCUT2D eigenvalue weighted by molar-refractivity contribution is 6.35. The van der Waals surface area contributed by atoms with E-state index in [-0.39, 0.29) is 5.91 Å². The van der Waals surface area contributed by atoms with Gasteiger partial charge in [0, 0.05) is 16.9 Å². The van der Waals surface area contributed by atoms with Gasteiger partial charge in [0.15, 0.2) is 0 Å². The van der Waals surface area contributed by atoms with Gasteiger partial charge >= 0.3 is 0 Å². The molecule has 0 saturated carbocycles. The average Bonchev–Trinajstić information content (AvgIpc) is 2.59. The second-order valence-electron chi connectivity index (χ2n) is 5.03. The SMILES string of the molecule is O=C(Nc1cc(Cl)ccc1Cl)c1cncc(Nc2ccccc2)c1. The van der Waals surface area contributed by atoms with Crippen molar-refractivity contribution in [3.05, 3.63) is 82.6 Å². The standard InChI is InChI=1S/C18H13Cl2N3O/c19-13-6-7-16(20)17(9-13)23-18(24)12-8-15(11-21-10-12)22-14-4-2-1-3-5-14/h1-11,22H,(H,23,24). The molecule has 0 aliphatic heterocycles. The van der Waals surface area contributed by atoms with E-state index in [1.165, 1.54) is 6.20 Å². The van der Waals surface area contributed by atoms with Gasteiger partial charge in [-0.15, -0.1) is 0 Å². The normalized spacial score (nSPS) is 10.2. The predicted molar refractivity (Wildman–Crippen MR) is 98.4 cm³/mol. The molecule has 4 nitrogen and oxygen atoms in total. The van der Waals surface area contributed by atoms with Crippen LogP contribution in [-0.2, 0) is 0 Å². The number of carbonyl (C=O) groups excluding carboxylic acids is 1. The number of hydrogen-bond donors (Lipinski definition) is 2. The van der Waals surface area contributed by atoms with E-state index in [1.54, 1.807) is 30.5 Å². The Labute approximate surface area is 149 Å². The van der Waals surface area contributed by atoms with E-state index in [2.05, 4.69) is 15.6 Å². The second-order valence-corrected chi connectivity index (χ2v) is 5.88. The molecule has 0 atom stereocenters. The molecule has 1 heterocycles. The van der Waals surface area contributed by atoms with Crippen LogP contribution in [0.5, 0.6) is 0 Å². The lowest BCUT2D eigenvalue weighted by Gasteiger charge is -2.10. The second kappa shape index (κ2) is 7.34. The summed E-state index contributed by atoms with van der Waals surface area (Å²) < 4.78 is 0. The Morgan fingerprint density at radius 3 is 2.50 bits per heavy atom. The molecular weight excluding hydrogens is 345 g/mol. The summed E-state index contributed by atoms with van der Waals surface area (Å²) in [6, 6.07) is 16.2. The monoisotopic (exact) mass is 357 g/mol. The van der Waals surface area contributed by atoms with E-state index in [9.17, 15) is 4.79 Å². The third kappa shape index (κ3) is 4.04. The van der Waals surface area contributed by atoms with Gasteiger partial charge in [0.2, 0.25) is 0 Å². The summed E-state index contributed by atoms with van der Waals surface area (Å²) in [6.07, 6.45) is 3.14. The van der Waals surface area contributed by atoms with Crippen LogP contribution in [0.2, 0.25) is 10.0 Å². The first-order valence-electron chi connectivity index (χ1n) is 7.15. The van der Waals surface area contributed by atoms with Gasteiger partial charge < -0.3 is 10.6 Å². The van der Waals surface area contributed by atoms with Crippen molar-refractivity contribution >= 4 is 46.2 Å². The number of amides is 1. The van der Waals surface area contributed by atoms with Crippen molar-refractivity contribution in [2.24, 2.45) is 0 Å². The van der Waals surface area contributed by atoms with E-state index in [0.717, 1.165) is 5.69 Å². The largest absolute Gasteiger partial charge is 0.354 e. The summed E-state index contributed by atoms with van der Waals surface area (Å²) in [5.74, 6) is -0.316. The lowest BCUT2D eigenvalue weighted by molar-refractivity contribution is 0.102. The maximum absolute atomic E-state index is 12.4. The third-order valence-corrected chi connectivity index (χ3v) is 3.80. The topological polar surface area (TPSA) is 54.0 Å². The number of hydrogen-bond acceptors (Lipinski definition) is 3. The van der Waals surface area contributed by atoms with Crippen LogP contribution in [0.4, 0.5) is 17.1 Å². The molecule has 6 heteroatoms. The van der Waals surface area contributed by atoms with Crippen molar-refractivity contribution in [1.82, 2.24) is 4.98 Å². The zero-order valence-electron chi connectivity index (χ0n) is 12.5. The fraction of sp³-hybridized carbons (Fsp3) is 0. The number of nitrogens with one attached hydrogen (secondary N) is 2. The summed E-state index contributed by atoms with van der Waals surface area (Å²) in [5, 5.41) is 6.84. The van der Waals surface area contributed by atoms with Gasteiger partial charge in [-0.2, -0.15) is 0 Å². The highest BCUT2D eigenvalue weighted by atomic mass is 35.5. The van der Waals surface area contributed by atoms with E-state index in [1.807, 2.05) is 30.3 Å². The number of rotatable bonds is 4. The fourth-order valence-corrected chi connectivity index (χ4v) is 2.45. The van der Waals surface area contributed by atoms with Gasteiger partial charge in [-0.1, -0.05) is 41.4 Å². The molecule has 0 fully saturated rings. The number of pyridine rings is 1. The first kappa shape index (κ1) is 16.3. The minimum absolute atomic E-state index is 0.316. The molecule has 0 saturated heterocycles. The van der Waals surface area contributed by atoms with Crippen molar-refractivity contribution in [3.63, 3.8) is 0 Å². The van der Waals surface area contributed by atoms with Crippen LogP contribution in [0.3, 0.4) is 0 Å². The Hall–Kier alpha value is -2.56. The van der Waals surface area contributed by atoms with E-state index in [4.69, 9.17) is 23.2 Å². The number of nitrogens with zero attached hydrogens (tertiary/aromatic N) is 1. The maximum Gasteiger partial charge on any atom is 0.257 e. The summed E-state index contributed by atoms with van der Waals surface area (Å²) in [7, 11) is 0. The molecule has 0 aliphatic rings. The summed E-state index contributed by atoms with van der Waals surface area (Å²) in [5.41, 5.74) is 2.49. The molecule has 3 aromatic rings. The van der Waals surface area contributed by atoms with Crippen LogP contribution >= 0.6 is 23.2 Å². The summed E-state index contributed by atoms with van der Waals surface area (Å²) in [6.45, 7) is 0. The Balaban J connectivity index is 1.78. The van der Waals surface area contributed by atoms with Crippen molar-refractivity contribution in [1.29, 1.82) is 0 Å². The first-order valence-corrected chi connectivity index (χ1v) is 7.91. The smallest absolute Gasteiger partial charge is 0.257 e. The Kier molecular flexibility index (Phi) is 4.99. The molecule has 1 aromatic heterocycles. The fourth-order valence-electron chi connectivity index (χ4n) is 2.11. The molecule has 2 aromatic carbocycles. The first-order chi connectivity index (χ1) is 11.6. The zero-order chi connectivity index (χ0) is 16.9. The van der Waals surface area contributed by atoms with E-state index < -0.39 is 0 Å². The molecule has 3 rings (SSSR count). The third-order valence-electron chi connectivity index (χ3n) is 3.24. The Morgan fingerprint density at radius 2 is 1.71 bits per heavy atom. The molecule has 0 unspecified atom stereocenters. The highest BCUT2D eigenvalue weighted by Gasteiger charge is 2.10. The molecule has 1 amide bonds. The molecule has 0 bridgehead atoms. The average molecular weight is 358 g/mol. The van der Waals surface area contributed by atoms with Crippen molar-refractivity contribution in [2.75, 3.05) is 10.6 Å². The predicted octanol–water partition coefficient (Wildman–Crippen LogP) is 5.38. The van der Waals surface area contributed by atoms with Crippen LogP contribution < -0.4 is 10.6 Å². The van der Waals surface area contributed by atoms with Crippen LogP contribution in [0.15, 0.2) is 67.0 Å². The van der Waals surface area contributed by atoms with E-state index in [0.29, 0.717) is 27.0 Å². The number of benzene rings is 2. The van der Waals surface area contributed by atoms with Gasteiger partial charge in [0.1, 0.15) is 0 Å². The molecule has 120 valence electrons. The van der Waals surface area contributed by atoms with Crippen LogP contribution in [0, 0.1) is 0 Å². The van der Waals surface area contributed by atoms with E-state index >= 15 is 0 Å². The number of anilines is 3. The molecule has 0 radical (unpaired) electrons. The number of para-hydroxylation sites is 1. The summed E-state index contributed by atoms with van der Waals surface area (Å²) in [4.78, 5) is 16.5. The van der Waals surface area contributed by atoms with Gasteiger partial charge in [0.05, 0.1) is 28.2 Å². The lowest BCUT2D eigenvalue weighted by Crippen LogP contribution is -2.12. The van der Waals surface area contributed by atoms with Crippen LogP contribution in [-0.4, -0.2) is 10.9 Å². The maximum atomic E-state index is 12.4. The van der Waals surface area contributed by atoms with Crippen molar-refractivity contribution < 1.29 is 4.79 Å². The Bertz CT molecular complexity index is 869. The highest BCUT2D eigenvalue weighted by Crippen LogP contribution is 2.26. The van der Waals surface area contributed by atoms with Gasteiger partial charge in [-0.05, 0) is 36.4 Å². The number of aromatic nitrogens is 1.